The van der Waals surface area contributed by atoms with Crippen molar-refractivity contribution in [1.29, 1.82) is 0 Å². The Bertz CT molecular complexity index is 1350. The molecule has 208 valence electrons. The molecule has 0 bridgehead atoms. The van der Waals surface area contributed by atoms with E-state index < -0.39 is 28.5 Å². The van der Waals surface area contributed by atoms with Crippen LogP contribution < -0.4 is 14.4 Å². The lowest BCUT2D eigenvalue weighted by molar-refractivity contribution is -0.139. The number of rotatable bonds is 13. The SMILES string of the molecule is CCCCNC(=O)[C@@H](C)N(Cc1cccc(Cl)c1)C(=O)CN(c1ccc(Oc2ccccc2)cc1)S(C)(=O)=O. The van der Waals surface area contributed by atoms with Crippen molar-refractivity contribution in [3.05, 3.63) is 89.4 Å². The van der Waals surface area contributed by atoms with E-state index in [9.17, 15) is 18.0 Å². The molecule has 2 amide bonds. The highest BCUT2D eigenvalue weighted by Crippen LogP contribution is 2.26. The lowest BCUT2D eigenvalue weighted by atomic mass is 10.1. The monoisotopic (exact) mass is 571 g/mol. The van der Waals surface area contributed by atoms with Crippen molar-refractivity contribution in [3.63, 3.8) is 0 Å². The van der Waals surface area contributed by atoms with Crippen molar-refractivity contribution < 1.29 is 22.7 Å². The van der Waals surface area contributed by atoms with Gasteiger partial charge in [0.05, 0.1) is 11.9 Å². The third kappa shape index (κ3) is 9.01. The third-order valence-electron chi connectivity index (χ3n) is 6.02. The van der Waals surface area contributed by atoms with E-state index >= 15 is 0 Å². The van der Waals surface area contributed by atoms with Crippen LogP contribution in [0.15, 0.2) is 78.9 Å². The molecule has 0 aliphatic heterocycles. The predicted molar refractivity (Wildman–Crippen MR) is 155 cm³/mol. The number of benzene rings is 3. The average Bonchev–Trinajstić information content (AvgIpc) is 2.90. The van der Waals surface area contributed by atoms with Crippen LogP contribution in [-0.4, -0.2) is 50.5 Å². The van der Waals surface area contributed by atoms with Crippen LogP contribution >= 0.6 is 11.6 Å². The molecule has 0 aliphatic carbocycles. The topological polar surface area (TPSA) is 96.0 Å². The Morgan fingerprint density at radius 1 is 0.974 bits per heavy atom. The number of unbranched alkanes of at least 4 members (excludes halogenated alkanes) is 1. The van der Waals surface area contributed by atoms with Crippen molar-refractivity contribution in [2.75, 3.05) is 23.7 Å². The molecule has 0 fully saturated rings. The largest absolute Gasteiger partial charge is 0.457 e. The van der Waals surface area contributed by atoms with E-state index in [1.165, 1.54) is 4.90 Å². The van der Waals surface area contributed by atoms with Crippen molar-refractivity contribution in [2.45, 2.75) is 39.3 Å². The normalized spacial score (nSPS) is 11.9. The zero-order chi connectivity index (χ0) is 28.4. The molecule has 39 heavy (non-hydrogen) atoms. The van der Waals surface area contributed by atoms with E-state index in [-0.39, 0.29) is 12.5 Å². The molecule has 0 saturated heterocycles. The Morgan fingerprint density at radius 3 is 2.26 bits per heavy atom. The molecule has 0 radical (unpaired) electrons. The van der Waals surface area contributed by atoms with Gasteiger partial charge in [-0.25, -0.2) is 8.42 Å². The molecule has 3 rings (SSSR count). The fraction of sp³-hybridized carbons (Fsp3) is 0.310. The minimum Gasteiger partial charge on any atom is -0.457 e. The summed E-state index contributed by atoms with van der Waals surface area (Å²) in [5.74, 6) is 0.322. The van der Waals surface area contributed by atoms with E-state index in [0.29, 0.717) is 28.8 Å². The Morgan fingerprint density at radius 2 is 1.64 bits per heavy atom. The van der Waals surface area contributed by atoms with Crippen LogP contribution in [0.25, 0.3) is 0 Å². The van der Waals surface area contributed by atoms with Crippen molar-refractivity contribution in [2.24, 2.45) is 0 Å². The molecule has 10 heteroatoms. The minimum atomic E-state index is -3.84. The zero-order valence-electron chi connectivity index (χ0n) is 22.3. The molecule has 0 spiro atoms. The maximum Gasteiger partial charge on any atom is 0.244 e. The van der Waals surface area contributed by atoms with Gasteiger partial charge in [-0.1, -0.05) is 55.3 Å². The molecule has 1 N–H and O–H groups in total. The van der Waals surface area contributed by atoms with Gasteiger partial charge in [0.25, 0.3) is 0 Å². The summed E-state index contributed by atoms with van der Waals surface area (Å²) in [6.07, 6.45) is 2.77. The molecule has 0 aliphatic rings. The number of nitrogens with zero attached hydrogens (tertiary/aromatic N) is 2. The van der Waals surface area contributed by atoms with Gasteiger partial charge in [0.1, 0.15) is 24.1 Å². The molecule has 0 aromatic heterocycles. The summed E-state index contributed by atoms with van der Waals surface area (Å²) >= 11 is 6.14. The summed E-state index contributed by atoms with van der Waals surface area (Å²) in [5, 5.41) is 3.35. The average molecular weight is 572 g/mol. The van der Waals surface area contributed by atoms with E-state index in [1.807, 2.05) is 37.3 Å². The zero-order valence-corrected chi connectivity index (χ0v) is 23.9. The Kier molecular flexibility index (Phi) is 10.8. The van der Waals surface area contributed by atoms with Crippen LogP contribution in [0.3, 0.4) is 0 Å². The number of halogens is 1. The first kappa shape index (κ1) is 30.0. The standard InChI is InChI=1S/C29H34ClN3O5S/c1-4-5-18-31-29(35)22(2)32(20-23-10-9-11-24(30)19-23)28(34)21-33(39(3,36)37)25-14-16-27(17-15-25)38-26-12-7-6-8-13-26/h6-17,19,22H,4-5,18,20-21H2,1-3H3,(H,31,35)/t22-/m1/s1. The summed E-state index contributed by atoms with van der Waals surface area (Å²) in [7, 11) is -3.84. The first-order valence-electron chi connectivity index (χ1n) is 12.7. The molecule has 1 atom stereocenters. The molecule has 0 saturated carbocycles. The number of amides is 2. The van der Waals surface area contributed by atoms with Gasteiger partial charge in [0, 0.05) is 18.1 Å². The van der Waals surface area contributed by atoms with E-state index in [1.54, 1.807) is 55.5 Å². The minimum absolute atomic E-state index is 0.0865. The maximum atomic E-state index is 13.6. The highest BCUT2D eigenvalue weighted by atomic mass is 35.5. The van der Waals surface area contributed by atoms with E-state index in [0.717, 1.165) is 29.0 Å². The van der Waals surface area contributed by atoms with Gasteiger partial charge in [0.15, 0.2) is 0 Å². The highest BCUT2D eigenvalue weighted by Gasteiger charge is 2.30. The lowest BCUT2D eigenvalue weighted by Crippen LogP contribution is -2.51. The summed E-state index contributed by atoms with van der Waals surface area (Å²) in [6.45, 7) is 3.74. The van der Waals surface area contributed by atoms with Crippen molar-refractivity contribution in [3.8, 4) is 11.5 Å². The number of nitrogens with one attached hydrogen (secondary N) is 1. The third-order valence-corrected chi connectivity index (χ3v) is 7.40. The van der Waals surface area contributed by atoms with Crippen LogP contribution in [0.2, 0.25) is 5.02 Å². The fourth-order valence-electron chi connectivity index (χ4n) is 3.87. The maximum absolute atomic E-state index is 13.6. The molecule has 0 unspecified atom stereocenters. The van der Waals surface area contributed by atoms with Crippen LogP contribution in [0, 0.1) is 0 Å². The van der Waals surface area contributed by atoms with Gasteiger partial charge < -0.3 is 15.0 Å². The number of hydrogen-bond donors (Lipinski definition) is 1. The molecular formula is C29H34ClN3O5S. The summed E-state index contributed by atoms with van der Waals surface area (Å²) < 4.78 is 32.4. The van der Waals surface area contributed by atoms with Gasteiger partial charge in [-0.3, -0.25) is 13.9 Å². The van der Waals surface area contributed by atoms with Gasteiger partial charge in [0.2, 0.25) is 21.8 Å². The summed E-state index contributed by atoms with van der Waals surface area (Å²) in [5.41, 5.74) is 1.02. The number of hydrogen-bond acceptors (Lipinski definition) is 5. The van der Waals surface area contributed by atoms with Crippen LogP contribution in [0.4, 0.5) is 5.69 Å². The smallest absolute Gasteiger partial charge is 0.244 e. The molecule has 8 nitrogen and oxygen atoms in total. The number of para-hydroxylation sites is 1. The number of sulfonamides is 1. The van der Waals surface area contributed by atoms with Gasteiger partial charge in [-0.15, -0.1) is 0 Å². The first-order valence-corrected chi connectivity index (χ1v) is 14.9. The summed E-state index contributed by atoms with van der Waals surface area (Å²) in [4.78, 5) is 27.9. The number of ether oxygens (including phenoxy) is 1. The van der Waals surface area contributed by atoms with Gasteiger partial charge in [-0.2, -0.15) is 0 Å². The molecule has 0 heterocycles. The van der Waals surface area contributed by atoms with E-state index in [2.05, 4.69) is 5.32 Å². The van der Waals surface area contributed by atoms with E-state index in [4.69, 9.17) is 16.3 Å². The second-order valence-electron chi connectivity index (χ2n) is 9.15. The second-order valence-corrected chi connectivity index (χ2v) is 11.5. The number of carbonyl (C=O) groups is 2. The quantitative estimate of drug-likeness (QED) is 0.283. The van der Waals surface area contributed by atoms with Crippen LogP contribution in [0.1, 0.15) is 32.3 Å². The first-order chi connectivity index (χ1) is 18.6. The molecular weight excluding hydrogens is 538 g/mol. The summed E-state index contributed by atoms with van der Waals surface area (Å²) in [6, 6.07) is 21.8. The number of carbonyl (C=O) groups excluding carboxylic acids is 2. The van der Waals surface area contributed by atoms with Gasteiger partial charge in [-0.05, 0) is 67.4 Å². The second kappa shape index (κ2) is 14.0. The highest BCUT2D eigenvalue weighted by molar-refractivity contribution is 7.92. The molecule has 3 aromatic carbocycles. The number of anilines is 1. The van der Waals surface area contributed by atoms with Crippen LogP contribution in [0.5, 0.6) is 11.5 Å². The lowest BCUT2D eigenvalue weighted by Gasteiger charge is -2.31. The Labute approximate surface area is 235 Å². The van der Waals surface area contributed by atoms with Crippen molar-refractivity contribution in [1.82, 2.24) is 10.2 Å². The predicted octanol–water partition coefficient (Wildman–Crippen LogP) is 5.23. The fourth-order valence-corrected chi connectivity index (χ4v) is 4.93. The Balaban J connectivity index is 1.84. The Hall–Kier alpha value is -3.56. The van der Waals surface area contributed by atoms with Gasteiger partial charge >= 0.3 is 0 Å². The van der Waals surface area contributed by atoms with Crippen LogP contribution in [-0.2, 0) is 26.2 Å². The van der Waals surface area contributed by atoms with Crippen molar-refractivity contribution >= 4 is 39.1 Å². The molecule has 3 aromatic rings.